The molecule has 2 unspecified atom stereocenters. The van der Waals surface area contributed by atoms with Crippen molar-refractivity contribution in [3.63, 3.8) is 0 Å². The zero-order chi connectivity index (χ0) is 14.0. The van der Waals surface area contributed by atoms with E-state index in [0.717, 1.165) is 12.0 Å². The van der Waals surface area contributed by atoms with E-state index in [9.17, 15) is 14.7 Å². The zero-order valence-corrected chi connectivity index (χ0v) is 11.3. The summed E-state index contributed by atoms with van der Waals surface area (Å²) in [6.07, 6.45) is 1.27. The van der Waals surface area contributed by atoms with Crippen LogP contribution >= 0.6 is 0 Å². The molecule has 1 N–H and O–H groups in total. The molecule has 1 saturated heterocycles. The largest absolute Gasteiger partial charge is 0.480 e. The Hall–Kier alpha value is -1.84. The maximum atomic E-state index is 12.5. The number of carbonyl (C=O) groups is 2. The summed E-state index contributed by atoms with van der Waals surface area (Å²) in [5, 5.41) is 9.35. The van der Waals surface area contributed by atoms with E-state index in [4.69, 9.17) is 0 Å². The molecule has 2 rings (SSSR count). The van der Waals surface area contributed by atoms with Gasteiger partial charge in [0, 0.05) is 6.54 Å². The average Bonchev–Trinajstić information content (AvgIpc) is 2.81. The molecule has 2 atom stereocenters. The average molecular weight is 261 g/mol. The summed E-state index contributed by atoms with van der Waals surface area (Å²) in [5.74, 6) is -1.33. The number of benzene rings is 1. The lowest BCUT2D eigenvalue weighted by Gasteiger charge is -2.33. The molecule has 0 aromatic heterocycles. The van der Waals surface area contributed by atoms with Crippen molar-refractivity contribution in [1.29, 1.82) is 0 Å². The van der Waals surface area contributed by atoms with Gasteiger partial charge in [-0.2, -0.15) is 0 Å². The molecule has 1 aliphatic heterocycles. The van der Waals surface area contributed by atoms with Crippen LogP contribution in [0.15, 0.2) is 30.3 Å². The maximum Gasteiger partial charge on any atom is 0.329 e. The highest BCUT2D eigenvalue weighted by atomic mass is 16.4. The van der Waals surface area contributed by atoms with E-state index in [-0.39, 0.29) is 11.8 Å². The SMILES string of the molecule is CC(C(=O)N1CCCC1(C)C(=O)O)c1ccccc1. The fourth-order valence-electron chi connectivity index (χ4n) is 2.66. The van der Waals surface area contributed by atoms with Crippen molar-refractivity contribution in [2.24, 2.45) is 0 Å². The van der Waals surface area contributed by atoms with Crippen molar-refractivity contribution in [2.75, 3.05) is 6.54 Å². The van der Waals surface area contributed by atoms with Gasteiger partial charge in [0.15, 0.2) is 0 Å². The van der Waals surface area contributed by atoms with E-state index in [1.165, 1.54) is 4.90 Å². The number of rotatable bonds is 3. The zero-order valence-electron chi connectivity index (χ0n) is 11.3. The van der Waals surface area contributed by atoms with E-state index in [1.54, 1.807) is 6.92 Å². The second kappa shape index (κ2) is 5.03. The van der Waals surface area contributed by atoms with Gasteiger partial charge in [0.25, 0.3) is 0 Å². The van der Waals surface area contributed by atoms with Crippen molar-refractivity contribution in [2.45, 2.75) is 38.1 Å². The predicted octanol–water partition coefficient (Wildman–Crippen LogP) is 2.26. The standard InChI is InChI=1S/C15H19NO3/c1-11(12-7-4-3-5-8-12)13(17)16-10-6-9-15(16,2)14(18)19/h3-5,7-8,11H,6,9-10H2,1-2H3,(H,18,19). The summed E-state index contributed by atoms with van der Waals surface area (Å²) < 4.78 is 0. The Morgan fingerprint density at radius 2 is 1.95 bits per heavy atom. The first kappa shape index (κ1) is 13.6. The molecule has 0 saturated carbocycles. The Morgan fingerprint density at radius 1 is 1.32 bits per heavy atom. The second-order valence-electron chi connectivity index (χ2n) is 5.30. The summed E-state index contributed by atoms with van der Waals surface area (Å²) in [6, 6.07) is 9.48. The van der Waals surface area contributed by atoms with Gasteiger partial charge in [-0.15, -0.1) is 0 Å². The Labute approximate surface area is 113 Å². The van der Waals surface area contributed by atoms with Crippen molar-refractivity contribution < 1.29 is 14.7 Å². The lowest BCUT2D eigenvalue weighted by Crippen LogP contribution is -2.51. The Morgan fingerprint density at radius 3 is 2.53 bits per heavy atom. The highest BCUT2D eigenvalue weighted by Crippen LogP contribution is 2.32. The van der Waals surface area contributed by atoms with Crippen LogP contribution in [0.4, 0.5) is 0 Å². The van der Waals surface area contributed by atoms with Gasteiger partial charge in [-0.25, -0.2) is 4.79 Å². The lowest BCUT2D eigenvalue weighted by molar-refractivity contribution is -0.155. The summed E-state index contributed by atoms with van der Waals surface area (Å²) in [7, 11) is 0. The molecular formula is C15H19NO3. The number of carboxylic acids is 1. The summed E-state index contributed by atoms with van der Waals surface area (Å²) >= 11 is 0. The fourth-order valence-corrected chi connectivity index (χ4v) is 2.66. The number of carboxylic acid groups (broad SMARTS) is 1. The smallest absolute Gasteiger partial charge is 0.329 e. The molecule has 1 aromatic rings. The molecule has 1 aromatic carbocycles. The molecule has 102 valence electrons. The van der Waals surface area contributed by atoms with Gasteiger partial charge >= 0.3 is 5.97 Å². The van der Waals surface area contributed by atoms with Gasteiger partial charge in [0.05, 0.1) is 5.92 Å². The van der Waals surface area contributed by atoms with Crippen LogP contribution < -0.4 is 0 Å². The van der Waals surface area contributed by atoms with Crippen LogP contribution in [-0.4, -0.2) is 34.0 Å². The summed E-state index contributed by atoms with van der Waals surface area (Å²) in [6.45, 7) is 4.00. The minimum atomic E-state index is -1.06. The molecule has 0 radical (unpaired) electrons. The topological polar surface area (TPSA) is 57.6 Å². The van der Waals surface area contributed by atoms with Gasteiger partial charge in [-0.05, 0) is 32.3 Å². The Kier molecular flexibility index (Phi) is 3.60. The van der Waals surface area contributed by atoms with Gasteiger partial charge in [0.2, 0.25) is 5.91 Å². The molecule has 4 nitrogen and oxygen atoms in total. The molecule has 0 aliphatic carbocycles. The van der Waals surface area contributed by atoms with Crippen LogP contribution in [0.2, 0.25) is 0 Å². The minimum absolute atomic E-state index is 0.103. The lowest BCUT2D eigenvalue weighted by atomic mass is 9.95. The molecule has 1 aliphatic rings. The minimum Gasteiger partial charge on any atom is -0.480 e. The first-order valence-corrected chi connectivity index (χ1v) is 6.56. The first-order valence-electron chi connectivity index (χ1n) is 6.56. The van der Waals surface area contributed by atoms with E-state index in [2.05, 4.69) is 0 Å². The fraction of sp³-hybridized carbons (Fsp3) is 0.467. The quantitative estimate of drug-likeness (QED) is 0.908. The maximum absolute atomic E-state index is 12.5. The molecule has 0 spiro atoms. The van der Waals surface area contributed by atoms with E-state index in [0.29, 0.717) is 13.0 Å². The third-order valence-corrected chi connectivity index (χ3v) is 4.04. The van der Waals surface area contributed by atoms with Crippen LogP contribution in [0.3, 0.4) is 0 Å². The Balaban J connectivity index is 2.22. The molecule has 1 amide bonds. The number of hydrogen-bond acceptors (Lipinski definition) is 2. The number of carbonyl (C=O) groups excluding carboxylic acids is 1. The second-order valence-corrected chi connectivity index (χ2v) is 5.30. The van der Waals surface area contributed by atoms with Crippen molar-refractivity contribution >= 4 is 11.9 Å². The summed E-state index contributed by atoms with van der Waals surface area (Å²) in [5.41, 5.74) is -0.132. The van der Waals surface area contributed by atoms with Crippen LogP contribution in [0.5, 0.6) is 0 Å². The van der Waals surface area contributed by atoms with Crippen molar-refractivity contribution in [3.05, 3.63) is 35.9 Å². The highest BCUT2D eigenvalue weighted by Gasteiger charge is 2.46. The summed E-state index contributed by atoms with van der Waals surface area (Å²) in [4.78, 5) is 25.5. The van der Waals surface area contributed by atoms with Gasteiger partial charge < -0.3 is 10.0 Å². The van der Waals surface area contributed by atoms with Gasteiger partial charge in [-0.1, -0.05) is 30.3 Å². The van der Waals surface area contributed by atoms with Crippen LogP contribution in [-0.2, 0) is 9.59 Å². The third kappa shape index (κ3) is 2.35. The third-order valence-electron chi connectivity index (χ3n) is 4.04. The number of amides is 1. The van der Waals surface area contributed by atoms with Crippen molar-refractivity contribution in [3.8, 4) is 0 Å². The predicted molar refractivity (Wildman–Crippen MR) is 71.8 cm³/mol. The first-order chi connectivity index (χ1) is 8.97. The number of aliphatic carboxylic acids is 1. The van der Waals surface area contributed by atoms with Crippen molar-refractivity contribution in [1.82, 2.24) is 4.90 Å². The molecule has 4 heteroatoms. The molecule has 1 heterocycles. The number of hydrogen-bond donors (Lipinski definition) is 1. The highest BCUT2D eigenvalue weighted by molar-refractivity contribution is 5.90. The number of likely N-dealkylation sites (tertiary alicyclic amines) is 1. The van der Waals surface area contributed by atoms with Gasteiger partial charge in [0.1, 0.15) is 5.54 Å². The van der Waals surface area contributed by atoms with Gasteiger partial charge in [-0.3, -0.25) is 4.79 Å². The van der Waals surface area contributed by atoms with E-state index in [1.807, 2.05) is 37.3 Å². The number of nitrogens with zero attached hydrogens (tertiary/aromatic N) is 1. The molecule has 0 bridgehead atoms. The van der Waals surface area contributed by atoms with E-state index < -0.39 is 11.5 Å². The normalized spacial score (nSPS) is 24.2. The van der Waals surface area contributed by atoms with Crippen LogP contribution in [0, 0.1) is 0 Å². The Bertz CT molecular complexity index is 485. The van der Waals surface area contributed by atoms with Crippen LogP contribution in [0.1, 0.15) is 38.2 Å². The molecular weight excluding hydrogens is 242 g/mol. The molecule has 19 heavy (non-hydrogen) atoms. The molecule has 1 fully saturated rings. The monoisotopic (exact) mass is 261 g/mol. The van der Waals surface area contributed by atoms with Crippen LogP contribution in [0.25, 0.3) is 0 Å². The van der Waals surface area contributed by atoms with E-state index >= 15 is 0 Å².